The van der Waals surface area contributed by atoms with Gasteiger partial charge in [-0.1, -0.05) is 55.5 Å². The summed E-state index contributed by atoms with van der Waals surface area (Å²) in [5, 5.41) is 12.2. The van der Waals surface area contributed by atoms with Gasteiger partial charge < -0.3 is 24.8 Å². The molecule has 0 saturated carbocycles. The number of amides is 2. The Hall–Kier alpha value is -3.39. The van der Waals surface area contributed by atoms with Gasteiger partial charge in [0.1, 0.15) is 12.1 Å². The molecular formula is C26H28N2O6. The van der Waals surface area contributed by atoms with Crippen molar-refractivity contribution < 1.29 is 29.0 Å². The maximum atomic E-state index is 13.4. The molecule has 3 aliphatic rings. The minimum atomic E-state index is -1.24. The molecule has 34 heavy (non-hydrogen) atoms. The predicted octanol–water partition coefficient (Wildman–Crippen LogP) is 2.86. The fourth-order valence-corrected chi connectivity index (χ4v) is 5.47. The molecule has 2 heterocycles. The van der Waals surface area contributed by atoms with Crippen LogP contribution >= 0.6 is 0 Å². The molecule has 0 aromatic heterocycles. The first-order valence-corrected chi connectivity index (χ1v) is 11.6. The third-order valence-corrected chi connectivity index (χ3v) is 7.33. The summed E-state index contributed by atoms with van der Waals surface area (Å²) in [5.41, 5.74) is 3.25. The van der Waals surface area contributed by atoms with Crippen molar-refractivity contribution in [2.45, 2.75) is 24.8 Å². The topological polar surface area (TPSA) is 105 Å². The maximum Gasteiger partial charge on any atom is 0.408 e. The summed E-state index contributed by atoms with van der Waals surface area (Å²) < 4.78 is 11.1. The van der Waals surface area contributed by atoms with E-state index in [-0.39, 0.29) is 37.5 Å². The van der Waals surface area contributed by atoms with E-state index in [0.29, 0.717) is 19.6 Å². The van der Waals surface area contributed by atoms with Crippen LogP contribution < -0.4 is 5.32 Å². The predicted molar refractivity (Wildman–Crippen MR) is 123 cm³/mol. The summed E-state index contributed by atoms with van der Waals surface area (Å²) in [4.78, 5) is 39.3. The third kappa shape index (κ3) is 3.81. The zero-order valence-electron chi connectivity index (χ0n) is 19.0. The first-order valence-electron chi connectivity index (χ1n) is 11.6. The number of carbonyl (C=O) groups is 3. The van der Waals surface area contributed by atoms with Crippen molar-refractivity contribution in [3.05, 3.63) is 59.7 Å². The number of aliphatic carboxylic acids is 1. The number of hydrogen-bond acceptors (Lipinski definition) is 5. The van der Waals surface area contributed by atoms with Gasteiger partial charge in [-0.3, -0.25) is 9.59 Å². The number of carboxylic acid groups (broad SMARTS) is 1. The molecule has 8 nitrogen and oxygen atoms in total. The van der Waals surface area contributed by atoms with Crippen LogP contribution in [0.15, 0.2) is 48.5 Å². The van der Waals surface area contributed by atoms with Crippen LogP contribution in [-0.2, 0) is 19.1 Å². The molecule has 0 bridgehead atoms. The number of nitrogens with one attached hydrogen (secondary N) is 1. The highest BCUT2D eigenvalue weighted by Crippen LogP contribution is 2.44. The minimum Gasteiger partial charge on any atom is -0.481 e. The molecule has 2 N–H and O–H groups in total. The number of likely N-dealkylation sites (tertiary alicyclic amines) is 1. The highest BCUT2D eigenvalue weighted by Gasteiger charge is 2.49. The quantitative estimate of drug-likeness (QED) is 0.705. The fraction of sp³-hybridized carbons (Fsp3) is 0.423. The monoisotopic (exact) mass is 464 g/mol. The Kier molecular flexibility index (Phi) is 5.77. The molecule has 2 amide bonds. The van der Waals surface area contributed by atoms with Crippen LogP contribution in [0.2, 0.25) is 0 Å². The Bertz CT molecular complexity index is 1080. The number of ether oxygens (including phenoxy) is 2. The fourth-order valence-electron chi connectivity index (χ4n) is 5.47. The van der Waals surface area contributed by atoms with Crippen LogP contribution in [0.4, 0.5) is 4.79 Å². The van der Waals surface area contributed by atoms with Crippen LogP contribution in [0.1, 0.15) is 30.4 Å². The number of benzene rings is 2. The molecular weight excluding hydrogens is 436 g/mol. The van der Waals surface area contributed by atoms with Crippen LogP contribution in [0.5, 0.6) is 0 Å². The van der Waals surface area contributed by atoms with E-state index in [0.717, 1.165) is 22.3 Å². The van der Waals surface area contributed by atoms with E-state index >= 15 is 0 Å². The summed E-state index contributed by atoms with van der Waals surface area (Å²) >= 11 is 0. The van der Waals surface area contributed by atoms with Crippen molar-refractivity contribution in [2.24, 2.45) is 11.8 Å². The van der Waals surface area contributed by atoms with Gasteiger partial charge in [0.2, 0.25) is 0 Å². The SMILES string of the molecule is C[C@@H]1CN(C(=O)C2(NC(=O)OCC3c4ccccc4-c4ccccc43)CCOC2)C[C@H]1C(=O)O. The molecule has 0 radical (unpaired) electrons. The molecule has 2 saturated heterocycles. The third-order valence-electron chi connectivity index (χ3n) is 7.33. The van der Waals surface area contributed by atoms with E-state index in [4.69, 9.17) is 9.47 Å². The molecule has 2 aromatic carbocycles. The second-order valence-corrected chi connectivity index (χ2v) is 9.47. The number of nitrogens with zero attached hydrogens (tertiary/aromatic N) is 1. The van der Waals surface area contributed by atoms with Gasteiger partial charge in [0.05, 0.1) is 12.5 Å². The van der Waals surface area contributed by atoms with Gasteiger partial charge in [0.15, 0.2) is 0 Å². The molecule has 5 rings (SSSR count). The maximum absolute atomic E-state index is 13.4. The van der Waals surface area contributed by atoms with Crippen LogP contribution in [-0.4, -0.2) is 66.4 Å². The van der Waals surface area contributed by atoms with Gasteiger partial charge in [-0.05, 0) is 28.2 Å². The number of hydrogen-bond donors (Lipinski definition) is 2. The van der Waals surface area contributed by atoms with E-state index in [1.165, 1.54) is 4.90 Å². The first kappa shape index (κ1) is 22.4. The zero-order chi connectivity index (χ0) is 23.9. The molecule has 2 fully saturated rings. The van der Waals surface area contributed by atoms with Crippen molar-refractivity contribution in [3.8, 4) is 11.1 Å². The van der Waals surface area contributed by atoms with Crippen molar-refractivity contribution in [1.29, 1.82) is 0 Å². The van der Waals surface area contributed by atoms with E-state index in [1.807, 2.05) is 43.3 Å². The van der Waals surface area contributed by atoms with E-state index in [9.17, 15) is 19.5 Å². The lowest BCUT2D eigenvalue weighted by Crippen LogP contribution is -2.60. The van der Waals surface area contributed by atoms with Crippen molar-refractivity contribution in [1.82, 2.24) is 10.2 Å². The summed E-state index contributed by atoms with van der Waals surface area (Å²) in [6.07, 6.45) is -0.360. The highest BCUT2D eigenvalue weighted by molar-refractivity contribution is 5.91. The Morgan fingerprint density at radius 1 is 1.09 bits per heavy atom. The van der Waals surface area contributed by atoms with Gasteiger partial charge in [-0.2, -0.15) is 0 Å². The number of alkyl carbamates (subject to hydrolysis) is 1. The first-order chi connectivity index (χ1) is 16.4. The summed E-state index contributed by atoms with van der Waals surface area (Å²) in [6, 6.07) is 16.2. The lowest BCUT2D eigenvalue weighted by Gasteiger charge is -2.31. The van der Waals surface area contributed by atoms with Crippen LogP contribution in [0.25, 0.3) is 11.1 Å². The van der Waals surface area contributed by atoms with Gasteiger partial charge in [-0.25, -0.2) is 4.79 Å². The van der Waals surface area contributed by atoms with Crippen molar-refractivity contribution in [2.75, 3.05) is 32.9 Å². The second kappa shape index (κ2) is 8.76. The number of carboxylic acids is 1. The van der Waals surface area contributed by atoms with Gasteiger partial charge in [-0.15, -0.1) is 0 Å². The summed E-state index contributed by atoms with van der Waals surface area (Å²) in [7, 11) is 0. The smallest absolute Gasteiger partial charge is 0.408 e. The van der Waals surface area contributed by atoms with Crippen molar-refractivity contribution >= 4 is 18.0 Å². The Morgan fingerprint density at radius 3 is 2.29 bits per heavy atom. The molecule has 2 aromatic rings. The molecule has 3 atom stereocenters. The van der Waals surface area contributed by atoms with E-state index in [2.05, 4.69) is 17.4 Å². The highest BCUT2D eigenvalue weighted by atomic mass is 16.6. The lowest BCUT2D eigenvalue weighted by molar-refractivity contribution is -0.142. The zero-order valence-corrected chi connectivity index (χ0v) is 19.0. The average molecular weight is 465 g/mol. The van der Waals surface area contributed by atoms with E-state index in [1.54, 1.807) is 0 Å². The largest absolute Gasteiger partial charge is 0.481 e. The Labute approximate surface area is 197 Å². The van der Waals surface area contributed by atoms with Gasteiger partial charge in [0, 0.05) is 32.0 Å². The molecule has 1 aliphatic carbocycles. The second-order valence-electron chi connectivity index (χ2n) is 9.47. The number of fused-ring (bicyclic) bond motifs is 3. The Balaban J connectivity index is 1.28. The van der Waals surface area contributed by atoms with Crippen LogP contribution in [0, 0.1) is 11.8 Å². The molecule has 178 valence electrons. The summed E-state index contributed by atoms with van der Waals surface area (Å²) in [6.45, 7) is 2.81. The summed E-state index contributed by atoms with van der Waals surface area (Å²) in [5.74, 6) is -2.08. The minimum absolute atomic E-state index is 0.0403. The van der Waals surface area contributed by atoms with Crippen LogP contribution in [0.3, 0.4) is 0 Å². The lowest BCUT2D eigenvalue weighted by atomic mass is 9.96. The standard InChI is InChI=1S/C26H28N2O6/c1-16-12-28(13-21(16)23(29)30)24(31)26(10-11-33-15-26)27-25(32)34-14-22-19-8-4-2-6-17(19)18-7-3-5-9-20(18)22/h2-9,16,21-22H,10-15H2,1H3,(H,27,32)(H,29,30)/t16-,21-,26?/m1/s1. The van der Waals surface area contributed by atoms with Crippen molar-refractivity contribution in [3.63, 3.8) is 0 Å². The number of rotatable bonds is 5. The Morgan fingerprint density at radius 2 is 1.74 bits per heavy atom. The van der Waals surface area contributed by atoms with Gasteiger partial charge >= 0.3 is 12.1 Å². The van der Waals surface area contributed by atoms with E-state index < -0.39 is 23.5 Å². The average Bonchev–Trinajstić information content (AvgIpc) is 3.54. The molecule has 1 unspecified atom stereocenters. The molecule has 8 heteroatoms. The van der Waals surface area contributed by atoms with Gasteiger partial charge in [0.25, 0.3) is 5.91 Å². The molecule has 2 aliphatic heterocycles. The molecule has 0 spiro atoms. The normalized spacial score (nSPS) is 25.6. The number of carbonyl (C=O) groups excluding carboxylic acids is 2.